The number of hydrogen-bond donors (Lipinski definition) is 0. The number of ether oxygens (including phenoxy) is 1. The van der Waals surface area contributed by atoms with E-state index in [1.54, 1.807) is 30.3 Å². The van der Waals surface area contributed by atoms with Gasteiger partial charge in [-0.05, 0) is 60.5 Å². The van der Waals surface area contributed by atoms with E-state index in [1.165, 1.54) is 0 Å². The molecule has 154 valence electrons. The van der Waals surface area contributed by atoms with E-state index >= 15 is 0 Å². The van der Waals surface area contributed by atoms with E-state index in [-0.39, 0.29) is 6.61 Å². The summed E-state index contributed by atoms with van der Waals surface area (Å²) in [6.45, 7) is 0.109. The summed E-state index contributed by atoms with van der Waals surface area (Å²) in [5.41, 5.74) is 3.11. The van der Waals surface area contributed by atoms with Gasteiger partial charge in [0.2, 0.25) is 5.89 Å². The van der Waals surface area contributed by atoms with E-state index in [0.29, 0.717) is 34.4 Å². The zero-order valence-corrected chi connectivity index (χ0v) is 17.6. The zero-order chi connectivity index (χ0) is 21.1. The minimum absolute atomic E-state index is 0.109. The van der Waals surface area contributed by atoms with E-state index < -0.39 is 10.1 Å². The fraction of sp³-hybridized carbons (Fsp3) is 0.136. The Hall–Kier alpha value is -2.87. The molecule has 0 aliphatic rings. The minimum Gasteiger partial charge on any atom is -0.457 e. The van der Waals surface area contributed by atoms with Gasteiger partial charge in [-0.2, -0.15) is 8.42 Å². The molecule has 0 bridgehead atoms. The van der Waals surface area contributed by atoms with Crippen molar-refractivity contribution in [1.29, 1.82) is 0 Å². The molecule has 0 saturated carbocycles. The first-order valence-electron chi connectivity index (χ1n) is 9.13. The van der Waals surface area contributed by atoms with E-state index in [1.807, 2.05) is 36.4 Å². The molecule has 8 heteroatoms. The number of benzene rings is 3. The molecule has 0 aliphatic heterocycles. The van der Waals surface area contributed by atoms with Crippen LogP contribution in [0.25, 0.3) is 22.6 Å². The second-order valence-corrected chi connectivity index (χ2v) is 8.76. The van der Waals surface area contributed by atoms with E-state index in [4.69, 9.17) is 24.9 Å². The summed E-state index contributed by atoms with van der Waals surface area (Å²) in [6.07, 6.45) is 1.53. The van der Waals surface area contributed by atoms with Crippen molar-refractivity contribution in [2.75, 3.05) is 12.9 Å². The maximum Gasteiger partial charge on any atom is 0.264 e. The normalized spacial score (nSPS) is 11.7. The molecule has 0 atom stereocenters. The van der Waals surface area contributed by atoms with Gasteiger partial charge in [-0.1, -0.05) is 23.7 Å². The Kier molecular flexibility index (Phi) is 5.76. The Bertz CT molecular complexity index is 1270. The quantitative estimate of drug-likeness (QED) is 0.353. The smallest absolute Gasteiger partial charge is 0.264 e. The Balaban J connectivity index is 1.48. The standard InChI is InChI=1S/C22H18ClNO5S/c1-30(25,26)27-13-12-15-2-4-16(5-3-15)22-24-20-11-10-19(14-21(20)29-22)28-18-8-6-17(23)7-9-18/h2-11,14H,12-13H2,1H3. The zero-order valence-electron chi connectivity index (χ0n) is 16.0. The SMILES string of the molecule is CS(=O)(=O)OCCc1ccc(-c2nc3ccc(Oc4ccc(Cl)cc4)cc3o2)cc1. The molecular formula is C22H18ClNO5S. The summed E-state index contributed by atoms with van der Waals surface area (Å²) in [6, 6.07) is 20.1. The predicted octanol–water partition coefficient (Wildman–Crippen LogP) is 5.46. The van der Waals surface area contributed by atoms with Crippen LogP contribution in [0.4, 0.5) is 0 Å². The van der Waals surface area contributed by atoms with Crippen LogP contribution in [0.5, 0.6) is 11.5 Å². The van der Waals surface area contributed by atoms with Gasteiger partial charge in [0.1, 0.15) is 17.0 Å². The molecule has 4 aromatic rings. The third-order valence-electron chi connectivity index (χ3n) is 4.30. The molecular weight excluding hydrogens is 426 g/mol. The van der Waals surface area contributed by atoms with Gasteiger partial charge in [0.25, 0.3) is 10.1 Å². The second-order valence-electron chi connectivity index (χ2n) is 6.68. The molecule has 1 heterocycles. The molecule has 4 rings (SSSR count). The van der Waals surface area contributed by atoms with Crippen molar-refractivity contribution in [3.8, 4) is 23.0 Å². The summed E-state index contributed by atoms with van der Waals surface area (Å²) in [5.74, 6) is 1.80. The average molecular weight is 444 g/mol. The molecule has 0 unspecified atom stereocenters. The average Bonchev–Trinajstić information content (AvgIpc) is 3.13. The highest BCUT2D eigenvalue weighted by Gasteiger charge is 2.10. The topological polar surface area (TPSA) is 78.6 Å². The molecule has 3 aromatic carbocycles. The van der Waals surface area contributed by atoms with Gasteiger partial charge in [-0.3, -0.25) is 4.18 Å². The number of hydrogen-bond acceptors (Lipinski definition) is 6. The third-order valence-corrected chi connectivity index (χ3v) is 5.15. The van der Waals surface area contributed by atoms with E-state index in [0.717, 1.165) is 22.9 Å². The van der Waals surface area contributed by atoms with Gasteiger partial charge >= 0.3 is 0 Å². The van der Waals surface area contributed by atoms with Crippen LogP contribution >= 0.6 is 11.6 Å². The molecule has 6 nitrogen and oxygen atoms in total. The molecule has 0 fully saturated rings. The molecule has 30 heavy (non-hydrogen) atoms. The van der Waals surface area contributed by atoms with Crippen LogP contribution in [0, 0.1) is 0 Å². The van der Waals surface area contributed by atoms with Crippen molar-refractivity contribution in [2.45, 2.75) is 6.42 Å². The summed E-state index contributed by atoms with van der Waals surface area (Å²) in [5, 5.41) is 0.645. The lowest BCUT2D eigenvalue weighted by Crippen LogP contribution is -2.06. The van der Waals surface area contributed by atoms with Crippen LogP contribution in [0.2, 0.25) is 5.02 Å². The number of nitrogens with zero attached hydrogens (tertiary/aromatic N) is 1. The molecule has 0 aliphatic carbocycles. The van der Waals surface area contributed by atoms with Gasteiger partial charge in [0.05, 0.1) is 12.9 Å². The predicted molar refractivity (Wildman–Crippen MR) is 115 cm³/mol. The molecule has 0 N–H and O–H groups in total. The molecule has 0 radical (unpaired) electrons. The highest BCUT2D eigenvalue weighted by molar-refractivity contribution is 7.85. The maximum absolute atomic E-state index is 11.0. The van der Waals surface area contributed by atoms with Crippen LogP contribution in [-0.4, -0.2) is 26.3 Å². The largest absolute Gasteiger partial charge is 0.457 e. The molecule has 0 amide bonds. The number of oxazole rings is 1. The first kappa shape index (κ1) is 20.4. The van der Waals surface area contributed by atoms with Crippen molar-refractivity contribution in [2.24, 2.45) is 0 Å². The first-order valence-corrected chi connectivity index (χ1v) is 11.3. The second kappa shape index (κ2) is 8.47. The van der Waals surface area contributed by atoms with Crippen molar-refractivity contribution in [3.63, 3.8) is 0 Å². The van der Waals surface area contributed by atoms with Crippen molar-refractivity contribution < 1.29 is 21.8 Å². The molecule has 0 saturated heterocycles. The lowest BCUT2D eigenvalue weighted by molar-refractivity contribution is 0.326. The molecule has 1 aromatic heterocycles. The van der Waals surface area contributed by atoms with Crippen molar-refractivity contribution >= 4 is 32.8 Å². The van der Waals surface area contributed by atoms with Crippen molar-refractivity contribution in [3.05, 3.63) is 77.3 Å². The van der Waals surface area contributed by atoms with Gasteiger partial charge in [0, 0.05) is 16.7 Å². The van der Waals surface area contributed by atoms with Crippen LogP contribution in [0.3, 0.4) is 0 Å². The van der Waals surface area contributed by atoms with Gasteiger partial charge in [-0.25, -0.2) is 4.98 Å². The number of rotatable bonds is 7. The summed E-state index contributed by atoms with van der Waals surface area (Å²) < 4.78 is 38.6. The lowest BCUT2D eigenvalue weighted by atomic mass is 10.1. The maximum atomic E-state index is 11.0. The van der Waals surface area contributed by atoms with Crippen LogP contribution in [0.15, 0.2) is 71.1 Å². The Morgan fingerprint density at radius 3 is 2.37 bits per heavy atom. The highest BCUT2D eigenvalue weighted by Crippen LogP contribution is 2.30. The van der Waals surface area contributed by atoms with E-state index in [9.17, 15) is 8.42 Å². The fourth-order valence-corrected chi connectivity index (χ4v) is 3.37. The van der Waals surface area contributed by atoms with Gasteiger partial charge in [-0.15, -0.1) is 0 Å². The van der Waals surface area contributed by atoms with E-state index in [2.05, 4.69) is 4.98 Å². The minimum atomic E-state index is -3.43. The summed E-state index contributed by atoms with van der Waals surface area (Å²) in [4.78, 5) is 4.52. The van der Waals surface area contributed by atoms with Gasteiger partial charge in [0.15, 0.2) is 5.58 Å². The highest BCUT2D eigenvalue weighted by atomic mass is 35.5. The summed E-state index contributed by atoms with van der Waals surface area (Å²) >= 11 is 5.90. The lowest BCUT2D eigenvalue weighted by Gasteiger charge is -2.04. The monoisotopic (exact) mass is 443 g/mol. The number of aromatic nitrogens is 1. The fourth-order valence-electron chi connectivity index (χ4n) is 2.86. The molecule has 0 spiro atoms. The first-order chi connectivity index (χ1) is 14.4. The Morgan fingerprint density at radius 1 is 0.967 bits per heavy atom. The number of halogens is 1. The van der Waals surface area contributed by atoms with Crippen molar-refractivity contribution in [1.82, 2.24) is 4.98 Å². The van der Waals surface area contributed by atoms with Gasteiger partial charge < -0.3 is 9.15 Å². The summed E-state index contributed by atoms with van der Waals surface area (Å²) in [7, 11) is -3.43. The Morgan fingerprint density at radius 2 is 1.67 bits per heavy atom. The third kappa shape index (κ3) is 5.18. The number of fused-ring (bicyclic) bond motifs is 1. The van der Waals surface area contributed by atoms with Crippen LogP contribution in [0.1, 0.15) is 5.56 Å². The van der Waals surface area contributed by atoms with Crippen LogP contribution < -0.4 is 4.74 Å². The Labute approximate surface area is 179 Å². The van der Waals surface area contributed by atoms with Crippen LogP contribution in [-0.2, 0) is 20.7 Å².